The summed E-state index contributed by atoms with van der Waals surface area (Å²) in [5, 5.41) is 0.480. The number of nitrogens with one attached hydrogen (secondary N) is 2. The molecule has 0 saturated carbocycles. The van der Waals surface area contributed by atoms with Crippen molar-refractivity contribution < 1.29 is 27.2 Å². The van der Waals surface area contributed by atoms with Gasteiger partial charge in [-0.2, -0.15) is 4.31 Å². The van der Waals surface area contributed by atoms with E-state index in [2.05, 4.69) is 15.8 Å². The first kappa shape index (κ1) is 20.3. The smallest absolute Gasteiger partial charge is 0.305 e. The van der Waals surface area contributed by atoms with Crippen molar-refractivity contribution in [3.8, 4) is 0 Å². The van der Waals surface area contributed by atoms with Gasteiger partial charge in [-0.25, -0.2) is 13.4 Å². The molecule has 2 aromatic heterocycles. The molecular formula is C16H18N4O6S2. The van der Waals surface area contributed by atoms with Gasteiger partial charge in [-0.1, -0.05) is 11.8 Å². The molecule has 3 rings (SSSR count). The predicted octanol–water partition coefficient (Wildman–Crippen LogP) is 0.249. The topological polar surface area (TPSA) is 131 Å². The maximum absolute atomic E-state index is 12.5. The highest BCUT2D eigenvalue weighted by Gasteiger charge is 2.26. The van der Waals surface area contributed by atoms with Crippen molar-refractivity contribution in [2.24, 2.45) is 0 Å². The van der Waals surface area contributed by atoms with Crippen molar-refractivity contribution in [2.75, 3.05) is 32.1 Å². The molecule has 0 atom stereocenters. The van der Waals surface area contributed by atoms with Crippen molar-refractivity contribution in [3.05, 3.63) is 42.5 Å². The fraction of sp³-hybridized carbons (Fsp3) is 0.312. The number of thioether (sulfide) groups is 1. The minimum Gasteiger partial charge on any atom is -0.459 e. The maximum atomic E-state index is 12.5. The molecule has 150 valence electrons. The number of furan rings is 1. The normalized spacial score (nSPS) is 15.1. The van der Waals surface area contributed by atoms with E-state index in [1.165, 1.54) is 35.0 Å². The van der Waals surface area contributed by atoms with Crippen LogP contribution in [0.5, 0.6) is 0 Å². The Morgan fingerprint density at radius 3 is 2.61 bits per heavy atom. The SMILES string of the molecule is O=C(CSc1ccc(S(=O)(=O)N2CCOCC2)cn1)NNC(=O)c1ccco1. The lowest BCUT2D eigenvalue weighted by molar-refractivity contribution is -0.119. The molecule has 28 heavy (non-hydrogen) atoms. The molecule has 0 unspecified atom stereocenters. The molecule has 2 amide bonds. The number of hydrogen-bond acceptors (Lipinski definition) is 8. The second-order valence-corrected chi connectivity index (χ2v) is 8.55. The number of morpholine rings is 1. The van der Waals surface area contributed by atoms with Gasteiger partial charge in [0.25, 0.3) is 0 Å². The summed E-state index contributed by atoms with van der Waals surface area (Å²) in [4.78, 5) is 27.6. The lowest BCUT2D eigenvalue weighted by Gasteiger charge is -2.25. The Balaban J connectivity index is 1.48. The van der Waals surface area contributed by atoms with Crippen LogP contribution in [0.25, 0.3) is 0 Å². The van der Waals surface area contributed by atoms with E-state index in [-0.39, 0.29) is 16.4 Å². The van der Waals surface area contributed by atoms with Crippen molar-refractivity contribution in [1.82, 2.24) is 20.1 Å². The van der Waals surface area contributed by atoms with Crippen LogP contribution in [0.15, 0.2) is 51.1 Å². The molecule has 0 aliphatic carbocycles. The third-order valence-corrected chi connectivity index (χ3v) is 6.55. The summed E-state index contributed by atoms with van der Waals surface area (Å²) < 4.78 is 36.5. The Bertz CT molecular complexity index is 909. The highest BCUT2D eigenvalue weighted by atomic mass is 32.2. The zero-order valence-corrected chi connectivity index (χ0v) is 16.3. The maximum Gasteiger partial charge on any atom is 0.305 e. The van der Waals surface area contributed by atoms with Gasteiger partial charge in [-0.3, -0.25) is 20.4 Å². The molecule has 1 aliphatic rings. The van der Waals surface area contributed by atoms with Crippen LogP contribution in [0.2, 0.25) is 0 Å². The summed E-state index contributed by atoms with van der Waals surface area (Å²) in [6.45, 7) is 1.35. The predicted molar refractivity (Wildman–Crippen MR) is 98.9 cm³/mol. The quantitative estimate of drug-likeness (QED) is 0.496. The van der Waals surface area contributed by atoms with Crippen LogP contribution in [-0.4, -0.2) is 61.6 Å². The Morgan fingerprint density at radius 2 is 1.96 bits per heavy atom. The number of hydrogen-bond donors (Lipinski definition) is 2. The standard InChI is InChI=1S/C16H18N4O6S2/c21-14(18-19-16(22)13-2-1-7-26-13)11-27-15-4-3-12(10-17-15)28(23,24)20-5-8-25-9-6-20/h1-4,7,10H,5-6,8-9,11H2,(H,18,21)(H,19,22). The number of rotatable bonds is 6. The number of aromatic nitrogens is 1. The third-order valence-electron chi connectivity index (χ3n) is 3.73. The Hall–Kier alpha value is -2.41. The monoisotopic (exact) mass is 426 g/mol. The van der Waals surface area contributed by atoms with Gasteiger partial charge < -0.3 is 9.15 Å². The number of ether oxygens (including phenoxy) is 1. The number of pyridine rings is 1. The lowest BCUT2D eigenvalue weighted by Crippen LogP contribution is -2.42. The van der Waals surface area contributed by atoms with Gasteiger partial charge in [0.2, 0.25) is 15.9 Å². The average Bonchev–Trinajstić information content (AvgIpc) is 3.26. The largest absolute Gasteiger partial charge is 0.459 e. The molecule has 1 fully saturated rings. The van der Waals surface area contributed by atoms with Gasteiger partial charge in [-0.05, 0) is 24.3 Å². The van der Waals surface area contributed by atoms with Crippen LogP contribution in [-0.2, 0) is 19.6 Å². The first-order chi connectivity index (χ1) is 13.5. The van der Waals surface area contributed by atoms with Crippen molar-refractivity contribution >= 4 is 33.6 Å². The molecule has 0 spiro atoms. The van der Waals surface area contributed by atoms with E-state index < -0.39 is 21.8 Å². The Kier molecular flexibility index (Phi) is 6.67. The summed E-state index contributed by atoms with van der Waals surface area (Å²) >= 11 is 1.11. The van der Waals surface area contributed by atoms with Crippen LogP contribution in [0.3, 0.4) is 0 Å². The molecule has 12 heteroatoms. The van der Waals surface area contributed by atoms with Gasteiger partial charge in [0.05, 0.1) is 30.3 Å². The number of sulfonamides is 1. The van der Waals surface area contributed by atoms with Crippen molar-refractivity contribution in [3.63, 3.8) is 0 Å². The summed E-state index contributed by atoms with van der Waals surface area (Å²) in [6.07, 6.45) is 2.62. The van der Waals surface area contributed by atoms with Crippen LogP contribution < -0.4 is 10.9 Å². The molecule has 1 saturated heterocycles. The van der Waals surface area contributed by atoms with Crippen molar-refractivity contribution in [2.45, 2.75) is 9.92 Å². The zero-order chi connectivity index (χ0) is 20.0. The third kappa shape index (κ3) is 5.10. The summed E-state index contributed by atoms with van der Waals surface area (Å²) in [5.41, 5.74) is 4.48. The van der Waals surface area contributed by atoms with E-state index >= 15 is 0 Å². The van der Waals surface area contributed by atoms with Gasteiger partial charge in [-0.15, -0.1) is 0 Å². The van der Waals surface area contributed by atoms with Crippen LogP contribution in [0.4, 0.5) is 0 Å². The molecule has 3 heterocycles. The van der Waals surface area contributed by atoms with Gasteiger partial charge >= 0.3 is 5.91 Å². The van der Waals surface area contributed by atoms with E-state index in [4.69, 9.17) is 9.15 Å². The highest BCUT2D eigenvalue weighted by molar-refractivity contribution is 7.99. The second-order valence-electron chi connectivity index (χ2n) is 5.62. The number of carbonyl (C=O) groups is 2. The van der Waals surface area contributed by atoms with Crippen molar-refractivity contribution in [1.29, 1.82) is 0 Å². The number of amides is 2. The van der Waals surface area contributed by atoms with Crippen LogP contribution in [0.1, 0.15) is 10.6 Å². The van der Waals surface area contributed by atoms with E-state index in [0.29, 0.717) is 31.3 Å². The van der Waals surface area contributed by atoms with Crippen LogP contribution in [0, 0.1) is 0 Å². The minimum absolute atomic E-state index is 0.0129. The van der Waals surface area contributed by atoms with E-state index in [9.17, 15) is 18.0 Å². The van der Waals surface area contributed by atoms with E-state index in [1.807, 2.05) is 0 Å². The minimum atomic E-state index is -3.60. The number of carbonyl (C=O) groups excluding carboxylic acids is 2. The highest BCUT2D eigenvalue weighted by Crippen LogP contribution is 2.20. The van der Waals surface area contributed by atoms with Crippen LogP contribution >= 0.6 is 11.8 Å². The zero-order valence-electron chi connectivity index (χ0n) is 14.7. The number of nitrogens with zero attached hydrogens (tertiary/aromatic N) is 2. The summed E-state index contributed by atoms with van der Waals surface area (Å²) in [7, 11) is -3.60. The fourth-order valence-corrected chi connectivity index (χ4v) is 4.31. The van der Waals surface area contributed by atoms with Gasteiger partial charge in [0, 0.05) is 19.3 Å². The average molecular weight is 426 g/mol. The second kappa shape index (κ2) is 9.19. The molecule has 1 aliphatic heterocycles. The van der Waals surface area contributed by atoms with Gasteiger partial charge in [0.15, 0.2) is 5.76 Å². The first-order valence-corrected chi connectivity index (χ1v) is 10.7. The Labute approximate surface area is 165 Å². The van der Waals surface area contributed by atoms with Gasteiger partial charge in [0.1, 0.15) is 4.90 Å². The molecule has 0 radical (unpaired) electrons. The summed E-state index contributed by atoms with van der Waals surface area (Å²) in [6, 6.07) is 6.01. The lowest BCUT2D eigenvalue weighted by atomic mass is 10.4. The molecule has 0 bridgehead atoms. The molecule has 10 nitrogen and oxygen atoms in total. The van der Waals surface area contributed by atoms with E-state index in [1.54, 1.807) is 6.07 Å². The number of hydrazine groups is 1. The Morgan fingerprint density at radius 1 is 1.18 bits per heavy atom. The molecule has 2 aromatic rings. The first-order valence-electron chi connectivity index (χ1n) is 8.26. The van der Waals surface area contributed by atoms with E-state index in [0.717, 1.165) is 11.8 Å². The molecular weight excluding hydrogens is 408 g/mol. The summed E-state index contributed by atoms with van der Waals surface area (Å²) in [5.74, 6) is -0.955. The fourth-order valence-electron chi connectivity index (χ4n) is 2.31. The molecule has 2 N–H and O–H groups in total. The molecule has 0 aromatic carbocycles.